The molecular weight excluding hydrogens is 598 g/mol. The fourth-order valence-corrected chi connectivity index (χ4v) is 8.84. The fourth-order valence-electron chi connectivity index (χ4n) is 4.23. The van der Waals surface area contributed by atoms with Crippen molar-refractivity contribution in [2.75, 3.05) is 12.5 Å². The van der Waals surface area contributed by atoms with Crippen molar-refractivity contribution in [2.45, 2.75) is 0 Å². The van der Waals surface area contributed by atoms with Gasteiger partial charge in [0.2, 0.25) is 0 Å². The van der Waals surface area contributed by atoms with Crippen LogP contribution in [0, 0.1) is 0 Å². The van der Waals surface area contributed by atoms with E-state index in [1.807, 2.05) is 0 Å². The van der Waals surface area contributed by atoms with Gasteiger partial charge in [-0.05, 0) is 37.1 Å². The molecule has 0 aliphatic heterocycles. The Morgan fingerprint density at radius 2 is 0.683 bits per heavy atom. The van der Waals surface area contributed by atoms with Crippen LogP contribution in [0.25, 0.3) is 0 Å². The van der Waals surface area contributed by atoms with Crippen LogP contribution in [0.2, 0.25) is 0 Å². The van der Waals surface area contributed by atoms with Gasteiger partial charge in [-0.3, -0.25) is 4.21 Å². The molecule has 0 saturated carbocycles. The second-order valence-electron chi connectivity index (χ2n) is 9.04. The van der Waals surface area contributed by atoms with Crippen molar-refractivity contribution in [3.63, 3.8) is 0 Å². The molecule has 0 bridgehead atoms. The van der Waals surface area contributed by atoms with Gasteiger partial charge in [0.1, 0.15) is 0 Å². The van der Waals surface area contributed by atoms with Gasteiger partial charge in [0.05, 0.1) is 0 Å². The van der Waals surface area contributed by atoms with Crippen LogP contribution >= 0.6 is 15.8 Å². The first-order valence-corrected chi connectivity index (χ1v) is 17.8. The van der Waals surface area contributed by atoms with Crippen molar-refractivity contribution in [3.8, 4) is 0 Å². The van der Waals surface area contributed by atoms with E-state index in [0.29, 0.717) is 0 Å². The Bertz CT molecular complexity index is 1310. The SMILES string of the molecule is CS(C)=O.[Fe+2].c1ccc(P(c2ccccc2)c2ccc[cH-]2)cc1.c1ccc(P(c2ccccc2)c2ccc[cH-]2)cc1. The van der Waals surface area contributed by atoms with Crippen molar-refractivity contribution in [2.24, 2.45) is 0 Å². The summed E-state index contributed by atoms with van der Waals surface area (Å²) in [5.74, 6) is 0. The quantitative estimate of drug-likeness (QED) is 0.119. The Balaban J connectivity index is 0.000000196. The van der Waals surface area contributed by atoms with Crippen LogP contribution in [0.3, 0.4) is 0 Å². The number of rotatable bonds is 6. The molecule has 0 fully saturated rings. The summed E-state index contributed by atoms with van der Waals surface area (Å²) < 4.78 is 9.56. The zero-order valence-electron chi connectivity index (χ0n) is 23.2. The minimum absolute atomic E-state index is 0. The maximum atomic E-state index is 9.56. The maximum Gasteiger partial charge on any atom is 2.00 e. The van der Waals surface area contributed by atoms with Crippen LogP contribution in [-0.4, -0.2) is 16.7 Å². The van der Waals surface area contributed by atoms with Crippen LogP contribution < -0.4 is 31.8 Å². The second-order valence-corrected chi connectivity index (χ2v) is 15.0. The average Bonchev–Trinajstić information content (AvgIpc) is 3.72. The Morgan fingerprint density at radius 3 is 0.878 bits per heavy atom. The van der Waals surface area contributed by atoms with E-state index in [-0.39, 0.29) is 17.1 Å². The van der Waals surface area contributed by atoms with Crippen molar-refractivity contribution in [1.82, 2.24) is 0 Å². The van der Waals surface area contributed by atoms with Crippen molar-refractivity contribution in [1.29, 1.82) is 0 Å². The Hall–Kier alpha value is -2.89. The van der Waals surface area contributed by atoms with Gasteiger partial charge in [-0.15, -0.1) is 10.6 Å². The van der Waals surface area contributed by atoms with Crippen LogP contribution in [-0.2, 0) is 27.9 Å². The normalized spacial score (nSPS) is 10.3. The monoisotopic (exact) mass is 632 g/mol. The Kier molecular flexibility index (Phi) is 14.2. The molecule has 5 heteroatoms. The molecule has 0 spiro atoms. The minimum Gasteiger partial charge on any atom is -0.260 e. The predicted molar refractivity (Wildman–Crippen MR) is 181 cm³/mol. The topological polar surface area (TPSA) is 17.1 Å². The summed E-state index contributed by atoms with van der Waals surface area (Å²) in [4.78, 5) is 0. The summed E-state index contributed by atoms with van der Waals surface area (Å²) in [6, 6.07) is 60.5. The Morgan fingerprint density at radius 1 is 0.439 bits per heavy atom. The zero-order valence-corrected chi connectivity index (χ0v) is 26.9. The average molecular weight is 633 g/mol. The minimum atomic E-state index is -0.611. The molecule has 6 rings (SSSR count). The number of hydrogen-bond donors (Lipinski definition) is 0. The predicted octanol–water partition coefficient (Wildman–Crippen LogP) is 6.32. The Labute approximate surface area is 260 Å². The molecule has 6 aromatic carbocycles. The molecule has 41 heavy (non-hydrogen) atoms. The summed E-state index contributed by atoms with van der Waals surface area (Å²) in [7, 11) is -1.43. The molecular formula is C36H34FeOP2S. The van der Waals surface area contributed by atoms with E-state index < -0.39 is 26.6 Å². The van der Waals surface area contributed by atoms with E-state index in [0.717, 1.165) is 0 Å². The second kappa shape index (κ2) is 17.8. The van der Waals surface area contributed by atoms with Gasteiger partial charge in [0, 0.05) is 23.3 Å². The van der Waals surface area contributed by atoms with Gasteiger partial charge in [-0.25, -0.2) is 24.3 Å². The van der Waals surface area contributed by atoms with Crippen LogP contribution in [0.1, 0.15) is 0 Å². The van der Waals surface area contributed by atoms with E-state index in [4.69, 9.17) is 0 Å². The summed E-state index contributed by atoms with van der Waals surface area (Å²) >= 11 is 0. The molecule has 0 unspecified atom stereocenters. The summed E-state index contributed by atoms with van der Waals surface area (Å²) in [6.07, 6.45) is 3.28. The maximum absolute atomic E-state index is 9.56. The van der Waals surface area contributed by atoms with Crippen LogP contribution in [0.15, 0.2) is 170 Å². The molecule has 1 nitrogen and oxygen atoms in total. The summed E-state index contributed by atoms with van der Waals surface area (Å²) in [5.41, 5.74) is 0. The van der Waals surface area contributed by atoms with Gasteiger partial charge in [0.15, 0.2) is 0 Å². The van der Waals surface area contributed by atoms with Crippen molar-refractivity contribution >= 4 is 58.5 Å². The molecule has 0 saturated heterocycles. The molecule has 0 aliphatic rings. The molecule has 0 N–H and O–H groups in total. The third-order valence-corrected chi connectivity index (χ3v) is 10.8. The first-order valence-electron chi connectivity index (χ1n) is 13.1. The smallest absolute Gasteiger partial charge is 0.260 e. The number of hydrogen-bond acceptors (Lipinski definition) is 1. The van der Waals surface area contributed by atoms with E-state index in [2.05, 4.69) is 170 Å². The molecule has 6 aromatic rings. The zero-order chi connectivity index (χ0) is 28.0. The molecule has 0 aliphatic carbocycles. The molecule has 0 heterocycles. The first-order chi connectivity index (χ1) is 19.6. The largest absolute Gasteiger partial charge is 2.00 e. The third kappa shape index (κ3) is 10.2. The molecule has 208 valence electrons. The first kappa shape index (κ1) is 32.6. The van der Waals surface area contributed by atoms with Gasteiger partial charge in [-0.2, -0.15) is 24.3 Å². The van der Waals surface area contributed by atoms with Crippen molar-refractivity contribution < 1.29 is 21.3 Å². The van der Waals surface area contributed by atoms with Gasteiger partial charge < -0.3 is 0 Å². The fraction of sp³-hybridized carbons (Fsp3) is 0.0556. The third-order valence-electron chi connectivity index (χ3n) is 5.86. The van der Waals surface area contributed by atoms with E-state index >= 15 is 0 Å². The molecule has 0 aromatic heterocycles. The van der Waals surface area contributed by atoms with E-state index in [9.17, 15) is 4.21 Å². The molecule has 0 atom stereocenters. The van der Waals surface area contributed by atoms with Crippen LogP contribution in [0.5, 0.6) is 0 Å². The standard InChI is InChI=1S/2C17H14P.C2H6OS.Fe/c2*1-3-9-15(10-4-1)18(17-13-7-8-14-17)16-11-5-2-6-12-16;1-4(2)3;/h2*1-14H;1-2H3;/q2*-1;;+2. The summed E-state index contributed by atoms with van der Waals surface area (Å²) in [6.45, 7) is 0. The molecule has 0 amide bonds. The summed E-state index contributed by atoms with van der Waals surface area (Å²) in [5, 5.41) is 8.47. The van der Waals surface area contributed by atoms with Gasteiger partial charge in [-0.1, -0.05) is 121 Å². The molecule has 0 radical (unpaired) electrons. The number of benzene rings is 4. The van der Waals surface area contributed by atoms with Crippen LogP contribution in [0.4, 0.5) is 0 Å². The van der Waals surface area contributed by atoms with E-state index in [1.165, 1.54) is 31.8 Å². The van der Waals surface area contributed by atoms with Crippen molar-refractivity contribution in [3.05, 3.63) is 170 Å². The van der Waals surface area contributed by atoms with E-state index in [1.54, 1.807) is 12.5 Å². The van der Waals surface area contributed by atoms with Gasteiger partial charge >= 0.3 is 17.1 Å². The van der Waals surface area contributed by atoms with Gasteiger partial charge in [0.25, 0.3) is 0 Å².